The van der Waals surface area contributed by atoms with Crippen LogP contribution in [0.1, 0.15) is 18.9 Å². The molecule has 1 aliphatic rings. The third kappa shape index (κ3) is 6.31. The molecule has 0 saturated heterocycles. The Morgan fingerprint density at radius 3 is 2.21 bits per heavy atom. The van der Waals surface area contributed by atoms with Crippen molar-refractivity contribution in [3.63, 3.8) is 0 Å². The van der Waals surface area contributed by atoms with E-state index < -0.39 is 15.9 Å². The van der Waals surface area contributed by atoms with Gasteiger partial charge in [-0.05, 0) is 41.8 Å². The minimum atomic E-state index is -3.68. The van der Waals surface area contributed by atoms with Crippen LogP contribution in [0.25, 0.3) is 11.1 Å². The Morgan fingerprint density at radius 1 is 1.09 bits per heavy atom. The third-order valence-electron chi connectivity index (χ3n) is 5.98. The molecule has 0 bridgehead atoms. The molecule has 9 heteroatoms. The topological polar surface area (TPSA) is 90.4 Å². The van der Waals surface area contributed by atoms with E-state index in [1.54, 1.807) is 25.3 Å². The number of amides is 1. The molecule has 1 aliphatic heterocycles. The number of benzene rings is 2. The second-order valence-electron chi connectivity index (χ2n) is 8.25. The average molecular weight is 488 g/mol. The molecule has 8 nitrogen and oxygen atoms in total. The first-order valence-corrected chi connectivity index (χ1v) is 12.8. The number of sulfonamides is 1. The van der Waals surface area contributed by atoms with Crippen LogP contribution in [-0.2, 0) is 26.1 Å². The van der Waals surface area contributed by atoms with Crippen LogP contribution in [0.3, 0.4) is 0 Å². The predicted octanol–water partition coefficient (Wildman–Crippen LogP) is 2.99. The highest BCUT2D eigenvalue weighted by Crippen LogP contribution is 2.25. The number of nitrogens with zero attached hydrogens (tertiary/aromatic N) is 3. The van der Waals surface area contributed by atoms with Crippen LogP contribution in [0, 0.1) is 0 Å². The lowest BCUT2D eigenvalue weighted by Crippen LogP contribution is -2.37. The minimum Gasteiger partial charge on any atom is -0.383 e. The second kappa shape index (κ2) is 11.7. The second-order valence-corrected chi connectivity index (χ2v) is 10.2. The Kier molecular flexibility index (Phi) is 8.98. The molecule has 0 atom stereocenters. The summed E-state index contributed by atoms with van der Waals surface area (Å²) < 4.78 is 32.6. The lowest BCUT2D eigenvalue weighted by molar-refractivity contribution is -0.154. The maximum atomic E-state index is 13.0. The first-order valence-electron chi connectivity index (χ1n) is 11.3. The summed E-state index contributed by atoms with van der Waals surface area (Å²) in [4.78, 5) is 14.4. The normalized spacial score (nSPS) is 14.8. The van der Waals surface area contributed by atoms with Gasteiger partial charge >= 0.3 is 0 Å². The fraction of sp³-hybridized carbons (Fsp3) is 0.400. The van der Waals surface area contributed by atoms with Gasteiger partial charge in [0.25, 0.3) is 5.91 Å². The van der Waals surface area contributed by atoms with Crippen molar-refractivity contribution in [2.45, 2.75) is 24.8 Å². The molecule has 0 spiro atoms. The van der Waals surface area contributed by atoms with Crippen molar-refractivity contribution in [2.24, 2.45) is 0 Å². The van der Waals surface area contributed by atoms with Crippen molar-refractivity contribution in [1.29, 1.82) is 0 Å². The molecule has 0 fully saturated rings. The molecule has 0 saturated carbocycles. The van der Waals surface area contributed by atoms with Crippen LogP contribution in [0.2, 0.25) is 0 Å². The number of carbonyl (C=O) groups is 1. The first kappa shape index (κ1) is 26.1. The van der Waals surface area contributed by atoms with E-state index in [9.17, 15) is 18.4 Å². The Labute approximate surface area is 202 Å². The highest BCUT2D eigenvalue weighted by Gasteiger charge is 2.28. The van der Waals surface area contributed by atoms with Gasteiger partial charge in [-0.1, -0.05) is 49.4 Å². The van der Waals surface area contributed by atoms with E-state index >= 15 is 0 Å². The van der Waals surface area contributed by atoms with Crippen LogP contribution in [-0.4, -0.2) is 80.7 Å². The van der Waals surface area contributed by atoms with Gasteiger partial charge in [-0.15, -0.1) is 0 Å². The Bertz CT molecular complexity index is 1100. The van der Waals surface area contributed by atoms with Crippen LogP contribution < -0.4 is 0 Å². The van der Waals surface area contributed by atoms with Gasteiger partial charge in [-0.3, -0.25) is 14.9 Å². The summed E-state index contributed by atoms with van der Waals surface area (Å²) in [6.45, 7) is 5.80. The van der Waals surface area contributed by atoms with Crippen molar-refractivity contribution >= 4 is 15.9 Å². The maximum absolute atomic E-state index is 13.0. The molecule has 1 N–H and O–H groups in total. The van der Waals surface area contributed by atoms with Crippen LogP contribution in [0.5, 0.6) is 0 Å². The Morgan fingerprint density at radius 2 is 1.71 bits per heavy atom. The van der Waals surface area contributed by atoms with Gasteiger partial charge in [0.2, 0.25) is 10.0 Å². The standard InChI is InChI=1S/C25H33N3O5S/c1-4-27(17-18-33-3)19-20-5-7-21(8-6-20)22-9-11-24(12-10-22)34(31,32)28-15-13-23(14-16-28)25(29)26(2)30/h5-13,30H,4,14-19H2,1-3H3. The number of hydrogen-bond acceptors (Lipinski definition) is 6. The van der Waals surface area contributed by atoms with Gasteiger partial charge in [0, 0.05) is 45.9 Å². The quantitative estimate of drug-likeness (QED) is 0.409. The van der Waals surface area contributed by atoms with E-state index in [-0.39, 0.29) is 24.4 Å². The van der Waals surface area contributed by atoms with Gasteiger partial charge in [0.05, 0.1) is 11.5 Å². The predicted molar refractivity (Wildman–Crippen MR) is 131 cm³/mol. The Balaban J connectivity index is 1.67. The van der Waals surface area contributed by atoms with E-state index in [4.69, 9.17) is 4.74 Å². The number of rotatable bonds is 10. The summed E-state index contributed by atoms with van der Waals surface area (Å²) in [6.07, 6.45) is 1.81. The molecule has 1 heterocycles. The van der Waals surface area contributed by atoms with Gasteiger partial charge in [0.1, 0.15) is 0 Å². The summed E-state index contributed by atoms with van der Waals surface area (Å²) in [6, 6.07) is 15.2. The molecule has 0 aromatic heterocycles. The van der Waals surface area contributed by atoms with Crippen molar-refractivity contribution in [3.05, 3.63) is 65.7 Å². The monoisotopic (exact) mass is 487 g/mol. The third-order valence-corrected chi connectivity index (χ3v) is 7.86. The molecular formula is C25H33N3O5S. The summed E-state index contributed by atoms with van der Waals surface area (Å²) in [5, 5.41) is 9.81. The van der Waals surface area contributed by atoms with Crippen molar-refractivity contribution in [2.75, 3.05) is 46.9 Å². The van der Waals surface area contributed by atoms with Crippen molar-refractivity contribution in [1.82, 2.24) is 14.3 Å². The van der Waals surface area contributed by atoms with Gasteiger partial charge in [0.15, 0.2) is 0 Å². The molecule has 184 valence electrons. The van der Waals surface area contributed by atoms with Gasteiger partial charge in [-0.25, -0.2) is 13.5 Å². The molecular weight excluding hydrogens is 454 g/mol. The highest BCUT2D eigenvalue weighted by molar-refractivity contribution is 7.89. The fourth-order valence-corrected chi connectivity index (χ4v) is 5.25. The average Bonchev–Trinajstić information content (AvgIpc) is 2.86. The van der Waals surface area contributed by atoms with Gasteiger partial charge in [-0.2, -0.15) is 4.31 Å². The Hall–Kier alpha value is -2.56. The fourth-order valence-electron chi connectivity index (χ4n) is 3.87. The highest BCUT2D eigenvalue weighted by atomic mass is 32.2. The van der Waals surface area contributed by atoms with Crippen LogP contribution in [0.15, 0.2) is 65.1 Å². The summed E-state index contributed by atoms with van der Waals surface area (Å²) in [5.74, 6) is -0.509. The molecule has 0 radical (unpaired) electrons. The van der Waals surface area contributed by atoms with E-state index in [0.717, 1.165) is 30.8 Å². The molecule has 2 aromatic carbocycles. The minimum absolute atomic E-state index is 0.0968. The number of carbonyl (C=O) groups excluding carboxylic acids is 1. The largest absolute Gasteiger partial charge is 0.383 e. The lowest BCUT2D eigenvalue weighted by Gasteiger charge is -2.26. The van der Waals surface area contributed by atoms with E-state index in [1.165, 1.54) is 16.9 Å². The van der Waals surface area contributed by atoms with E-state index in [0.29, 0.717) is 17.2 Å². The maximum Gasteiger partial charge on any atom is 0.272 e. The number of likely N-dealkylation sites (N-methyl/N-ethyl adjacent to an activating group) is 2. The van der Waals surface area contributed by atoms with Gasteiger partial charge < -0.3 is 4.74 Å². The van der Waals surface area contributed by atoms with Crippen molar-refractivity contribution in [3.8, 4) is 11.1 Å². The number of ether oxygens (including phenoxy) is 1. The molecule has 3 rings (SSSR count). The molecule has 34 heavy (non-hydrogen) atoms. The summed E-state index contributed by atoms with van der Waals surface area (Å²) in [5.41, 5.74) is 3.58. The van der Waals surface area contributed by atoms with E-state index in [2.05, 4.69) is 36.1 Å². The molecule has 0 aliphatic carbocycles. The zero-order valence-corrected chi connectivity index (χ0v) is 20.8. The number of hydroxylamine groups is 2. The zero-order chi connectivity index (χ0) is 24.7. The lowest BCUT2D eigenvalue weighted by atomic mass is 10.0. The smallest absolute Gasteiger partial charge is 0.272 e. The number of methoxy groups -OCH3 is 1. The van der Waals surface area contributed by atoms with Crippen molar-refractivity contribution < 1.29 is 23.2 Å². The zero-order valence-electron chi connectivity index (χ0n) is 20.0. The summed E-state index contributed by atoms with van der Waals surface area (Å²) >= 11 is 0. The van der Waals surface area contributed by atoms with Crippen LogP contribution in [0.4, 0.5) is 0 Å². The molecule has 0 unspecified atom stereocenters. The SMILES string of the molecule is CCN(CCOC)Cc1ccc(-c2ccc(S(=O)(=O)N3CC=C(C(=O)N(C)O)CC3)cc2)cc1. The van der Waals surface area contributed by atoms with Crippen LogP contribution >= 0.6 is 0 Å². The molecule has 2 aromatic rings. The first-order chi connectivity index (χ1) is 16.3. The summed E-state index contributed by atoms with van der Waals surface area (Å²) in [7, 11) is -0.714. The van der Waals surface area contributed by atoms with E-state index in [1.807, 2.05) is 12.1 Å². The molecule has 1 amide bonds. The number of hydrogen-bond donors (Lipinski definition) is 1.